The molecule has 0 aliphatic rings. The van der Waals surface area contributed by atoms with Crippen molar-refractivity contribution < 1.29 is 4.79 Å². The fourth-order valence-electron chi connectivity index (χ4n) is 1.64. The molecule has 0 atom stereocenters. The van der Waals surface area contributed by atoms with Gasteiger partial charge in [-0.25, -0.2) is 0 Å². The lowest BCUT2D eigenvalue weighted by Gasteiger charge is -2.09. The van der Waals surface area contributed by atoms with Crippen molar-refractivity contribution in [3.05, 3.63) is 58.4 Å². The quantitative estimate of drug-likeness (QED) is 0.896. The smallest absolute Gasteiger partial charge is 0.256 e. The molecule has 0 fully saturated rings. The molecule has 1 N–H and O–H groups in total. The molecule has 1 aromatic heterocycles. The van der Waals surface area contributed by atoms with Crippen molar-refractivity contribution in [1.29, 1.82) is 0 Å². The Morgan fingerprint density at radius 2 is 1.94 bits per heavy atom. The first-order valence-corrected chi connectivity index (χ1v) is 5.95. The van der Waals surface area contributed by atoms with Crippen molar-refractivity contribution in [3.63, 3.8) is 0 Å². The van der Waals surface area contributed by atoms with Gasteiger partial charge < -0.3 is 5.32 Å². The average Bonchev–Trinajstić information content (AvgIpc) is 2.35. The number of benzene rings is 1. The number of halogens is 1. The topological polar surface area (TPSA) is 42.0 Å². The third-order valence-electron chi connectivity index (χ3n) is 2.82. The second kappa shape index (κ2) is 5.19. The van der Waals surface area contributed by atoms with Gasteiger partial charge in [0.2, 0.25) is 0 Å². The third-order valence-corrected chi connectivity index (χ3v) is 3.15. The van der Waals surface area contributed by atoms with Gasteiger partial charge in [-0.05, 0) is 37.6 Å². The number of nitrogens with one attached hydrogen (secondary N) is 1. The van der Waals surface area contributed by atoms with Crippen LogP contribution in [0.3, 0.4) is 0 Å². The summed E-state index contributed by atoms with van der Waals surface area (Å²) in [5.41, 5.74) is 2.95. The minimum atomic E-state index is -0.175. The molecule has 0 saturated heterocycles. The Bertz CT molecular complexity index is 596. The molecule has 0 bridgehead atoms. The molecule has 2 aromatic rings. The van der Waals surface area contributed by atoms with Crippen molar-refractivity contribution in [1.82, 2.24) is 4.98 Å². The Morgan fingerprint density at radius 3 is 2.67 bits per heavy atom. The standard InChI is InChI=1S/C14H13ClN2O/c1-9-10(2)16-8-7-11(9)14(18)17-13-6-4-3-5-12(13)15/h3-8H,1-2H3,(H,17,18). The second-order valence-corrected chi connectivity index (χ2v) is 4.41. The van der Waals surface area contributed by atoms with E-state index in [1.807, 2.05) is 26.0 Å². The lowest BCUT2D eigenvalue weighted by molar-refractivity contribution is 0.102. The van der Waals surface area contributed by atoms with E-state index in [2.05, 4.69) is 10.3 Å². The molecular weight excluding hydrogens is 248 g/mol. The van der Waals surface area contributed by atoms with Crippen LogP contribution >= 0.6 is 11.6 Å². The van der Waals surface area contributed by atoms with Crippen LogP contribution in [0.25, 0.3) is 0 Å². The number of carbonyl (C=O) groups is 1. The largest absolute Gasteiger partial charge is 0.321 e. The number of hydrogen-bond donors (Lipinski definition) is 1. The van der Waals surface area contributed by atoms with E-state index < -0.39 is 0 Å². The summed E-state index contributed by atoms with van der Waals surface area (Å²) in [5, 5.41) is 3.32. The lowest BCUT2D eigenvalue weighted by Crippen LogP contribution is -2.14. The van der Waals surface area contributed by atoms with Crippen LogP contribution in [0, 0.1) is 13.8 Å². The predicted octanol–water partition coefficient (Wildman–Crippen LogP) is 3.60. The Morgan fingerprint density at radius 1 is 1.22 bits per heavy atom. The van der Waals surface area contributed by atoms with Gasteiger partial charge >= 0.3 is 0 Å². The fraction of sp³-hybridized carbons (Fsp3) is 0.143. The Balaban J connectivity index is 2.28. The predicted molar refractivity (Wildman–Crippen MR) is 73.1 cm³/mol. The Hall–Kier alpha value is -1.87. The summed E-state index contributed by atoms with van der Waals surface area (Å²) in [6, 6.07) is 8.85. The highest BCUT2D eigenvalue weighted by atomic mass is 35.5. The highest BCUT2D eigenvalue weighted by Gasteiger charge is 2.12. The van der Waals surface area contributed by atoms with E-state index in [0.29, 0.717) is 16.3 Å². The third kappa shape index (κ3) is 2.51. The number of rotatable bonds is 2. The minimum Gasteiger partial charge on any atom is -0.321 e. The number of hydrogen-bond acceptors (Lipinski definition) is 2. The Kier molecular flexibility index (Phi) is 3.63. The van der Waals surface area contributed by atoms with Crippen molar-refractivity contribution in [2.75, 3.05) is 5.32 Å². The van der Waals surface area contributed by atoms with Crippen LogP contribution in [-0.4, -0.2) is 10.9 Å². The van der Waals surface area contributed by atoms with E-state index in [1.54, 1.807) is 24.4 Å². The van der Waals surface area contributed by atoms with Crippen LogP contribution in [0.4, 0.5) is 5.69 Å². The summed E-state index contributed by atoms with van der Waals surface area (Å²) in [7, 11) is 0. The highest BCUT2D eigenvalue weighted by Crippen LogP contribution is 2.21. The van der Waals surface area contributed by atoms with E-state index in [0.717, 1.165) is 11.3 Å². The van der Waals surface area contributed by atoms with E-state index in [1.165, 1.54) is 0 Å². The normalized spacial score (nSPS) is 10.2. The average molecular weight is 261 g/mol. The molecule has 0 aliphatic carbocycles. The van der Waals surface area contributed by atoms with Gasteiger partial charge in [0.05, 0.1) is 10.7 Å². The number of amides is 1. The number of aryl methyl sites for hydroxylation is 1. The molecule has 1 aromatic carbocycles. The molecule has 0 radical (unpaired) electrons. The maximum absolute atomic E-state index is 12.1. The SMILES string of the molecule is Cc1nccc(C(=O)Nc2ccccc2Cl)c1C. The van der Waals surface area contributed by atoms with Crippen LogP contribution in [0.15, 0.2) is 36.5 Å². The molecule has 0 unspecified atom stereocenters. The van der Waals surface area contributed by atoms with E-state index in [-0.39, 0.29) is 5.91 Å². The molecule has 0 saturated carbocycles. The number of pyridine rings is 1. The van der Waals surface area contributed by atoms with Crippen LogP contribution in [0.1, 0.15) is 21.6 Å². The van der Waals surface area contributed by atoms with Crippen LogP contribution < -0.4 is 5.32 Å². The Labute approximate surface area is 111 Å². The van der Waals surface area contributed by atoms with E-state index >= 15 is 0 Å². The van der Waals surface area contributed by atoms with Gasteiger partial charge in [-0.15, -0.1) is 0 Å². The monoisotopic (exact) mass is 260 g/mol. The summed E-state index contributed by atoms with van der Waals surface area (Å²) < 4.78 is 0. The van der Waals surface area contributed by atoms with Crippen molar-refractivity contribution >= 4 is 23.2 Å². The molecule has 3 nitrogen and oxygen atoms in total. The molecule has 1 amide bonds. The maximum atomic E-state index is 12.1. The number of anilines is 1. The minimum absolute atomic E-state index is 0.175. The van der Waals surface area contributed by atoms with Crippen molar-refractivity contribution in [2.45, 2.75) is 13.8 Å². The summed E-state index contributed by atoms with van der Waals surface area (Å²) in [5.74, 6) is -0.175. The van der Waals surface area contributed by atoms with Gasteiger partial charge in [-0.2, -0.15) is 0 Å². The summed E-state index contributed by atoms with van der Waals surface area (Å²) >= 11 is 6.00. The van der Waals surface area contributed by atoms with Gasteiger partial charge in [0.15, 0.2) is 0 Å². The van der Waals surface area contributed by atoms with Gasteiger partial charge in [0.25, 0.3) is 5.91 Å². The zero-order valence-corrected chi connectivity index (χ0v) is 11.0. The number of nitrogens with zero attached hydrogens (tertiary/aromatic N) is 1. The zero-order chi connectivity index (χ0) is 13.1. The zero-order valence-electron chi connectivity index (χ0n) is 10.2. The maximum Gasteiger partial charge on any atom is 0.256 e. The molecule has 2 rings (SSSR count). The van der Waals surface area contributed by atoms with Crippen LogP contribution in [0.5, 0.6) is 0 Å². The lowest BCUT2D eigenvalue weighted by atomic mass is 10.1. The first kappa shape index (κ1) is 12.6. The number of aromatic nitrogens is 1. The van der Waals surface area contributed by atoms with E-state index in [9.17, 15) is 4.79 Å². The first-order chi connectivity index (χ1) is 8.59. The summed E-state index contributed by atoms with van der Waals surface area (Å²) in [6.45, 7) is 3.76. The first-order valence-electron chi connectivity index (χ1n) is 5.57. The highest BCUT2D eigenvalue weighted by molar-refractivity contribution is 6.33. The molecule has 1 heterocycles. The van der Waals surface area contributed by atoms with E-state index in [4.69, 9.17) is 11.6 Å². The molecular formula is C14H13ClN2O. The van der Waals surface area contributed by atoms with Crippen LogP contribution in [0.2, 0.25) is 5.02 Å². The van der Waals surface area contributed by atoms with Gasteiger partial charge in [-0.3, -0.25) is 9.78 Å². The number of carbonyl (C=O) groups excluding carboxylic acids is 1. The molecule has 4 heteroatoms. The van der Waals surface area contributed by atoms with Gasteiger partial charge in [0.1, 0.15) is 0 Å². The van der Waals surface area contributed by atoms with Gasteiger partial charge in [-0.1, -0.05) is 23.7 Å². The fourth-order valence-corrected chi connectivity index (χ4v) is 1.82. The second-order valence-electron chi connectivity index (χ2n) is 4.00. The van der Waals surface area contributed by atoms with Crippen molar-refractivity contribution in [3.8, 4) is 0 Å². The molecule has 0 spiro atoms. The van der Waals surface area contributed by atoms with Crippen molar-refractivity contribution in [2.24, 2.45) is 0 Å². The van der Waals surface area contributed by atoms with Crippen LogP contribution in [-0.2, 0) is 0 Å². The molecule has 0 aliphatic heterocycles. The summed E-state index contributed by atoms with van der Waals surface area (Å²) in [4.78, 5) is 16.3. The summed E-state index contributed by atoms with van der Waals surface area (Å²) in [6.07, 6.45) is 1.63. The molecule has 18 heavy (non-hydrogen) atoms. The number of para-hydroxylation sites is 1. The van der Waals surface area contributed by atoms with Gasteiger partial charge in [0, 0.05) is 17.5 Å². The molecule has 92 valence electrons.